The first-order valence-corrected chi connectivity index (χ1v) is 16.5. The Hall–Kier alpha value is -2.84. The fourth-order valence-corrected chi connectivity index (χ4v) is 7.12. The first kappa shape index (κ1) is 30.6. The van der Waals surface area contributed by atoms with Crippen LogP contribution in [0.2, 0.25) is 0 Å². The van der Waals surface area contributed by atoms with E-state index in [1.54, 1.807) is 4.90 Å². The molecule has 2 aliphatic heterocycles. The largest absolute Gasteiger partial charge is 0.498 e. The number of rotatable bonds is 11. The number of anilines is 1. The van der Waals surface area contributed by atoms with Gasteiger partial charge in [-0.25, -0.2) is 0 Å². The van der Waals surface area contributed by atoms with E-state index in [1.807, 2.05) is 31.3 Å². The minimum absolute atomic E-state index is 0.00652. The van der Waals surface area contributed by atoms with Gasteiger partial charge in [0.05, 0.1) is 18.2 Å². The molecular weight excluding hydrogens is 546 g/mol. The molecule has 0 spiro atoms. The molecule has 1 aliphatic carbocycles. The van der Waals surface area contributed by atoms with Gasteiger partial charge in [0.2, 0.25) is 5.91 Å². The van der Waals surface area contributed by atoms with E-state index in [9.17, 15) is 9.59 Å². The number of carbonyl (C=O) groups excluding carboxylic acids is 2. The molecule has 228 valence electrons. The maximum Gasteiger partial charge on any atom is 0.310 e. The molecule has 1 amide bonds. The van der Waals surface area contributed by atoms with Gasteiger partial charge in [-0.3, -0.25) is 19.4 Å². The molecular formula is C34H47N3O4S. The molecule has 2 unspecified atom stereocenters. The maximum absolute atomic E-state index is 13.1. The maximum atomic E-state index is 13.1. The zero-order chi connectivity index (χ0) is 29.9. The van der Waals surface area contributed by atoms with Gasteiger partial charge in [-0.15, -0.1) is 11.3 Å². The van der Waals surface area contributed by atoms with Crippen molar-refractivity contribution in [2.24, 2.45) is 17.3 Å². The Kier molecular flexibility index (Phi) is 9.63. The monoisotopic (exact) mass is 593 g/mol. The number of hydrogen-bond donors (Lipinski definition) is 0. The predicted octanol–water partition coefficient (Wildman–Crippen LogP) is 6.80. The average molecular weight is 594 g/mol. The van der Waals surface area contributed by atoms with Gasteiger partial charge in [0.25, 0.3) is 0 Å². The van der Waals surface area contributed by atoms with Gasteiger partial charge >= 0.3 is 5.97 Å². The number of esters is 1. The highest BCUT2D eigenvalue weighted by atomic mass is 32.1. The molecule has 0 saturated carbocycles. The van der Waals surface area contributed by atoms with E-state index >= 15 is 0 Å². The van der Waals surface area contributed by atoms with Crippen LogP contribution in [0.1, 0.15) is 66.7 Å². The second-order valence-electron chi connectivity index (χ2n) is 12.8. The van der Waals surface area contributed by atoms with Crippen molar-refractivity contribution in [2.75, 3.05) is 51.0 Å². The summed E-state index contributed by atoms with van der Waals surface area (Å²) < 4.78 is 13.2. The van der Waals surface area contributed by atoms with Crippen LogP contribution in [-0.4, -0.2) is 67.7 Å². The first-order chi connectivity index (χ1) is 20.2. The molecule has 0 N–H and O–H groups in total. The zero-order valence-corrected chi connectivity index (χ0v) is 26.8. The lowest BCUT2D eigenvalue weighted by Crippen LogP contribution is -2.46. The van der Waals surface area contributed by atoms with Crippen molar-refractivity contribution in [3.63, 3.8) is 0 Å². The SMILES string of the molecule is CCC(C)C(=O)OCN1C(=O)CC(C)(C)C2=C1C=C(OCCCCN1CCN(c3cccc4sccc34)CC1)C(C)C2. The van der Waals surface area contributed by atoms with Gasteiger partial charge in [-0.05, 0) is 66.8 Å². The van der Waals surface area contributed by atoms with Crippen LogP contribution in [0.25, 0.3) is 10.1 Å². The van der Waals surface area contributed by atoms with E-state index < -0.39 is 0 Å². The summed E-state index contributed by atoms with van der Waals surface area (Å²) in [5.74, 6) is 0.729. The van der Waals surface area contributed by atoms with Crippen molar-refractivity contribution >= 4 is 39.0 Å². The zero-order valence-electron chi connectivity index (χ0n) is 26.0. The Morgan fingerprint density at radius 1 is 1.14 bits per heavy atom. The number of unbranched alkanes of at least 4 members (excludes halogenated alkanes) is 1. The summed E-state index contributed by atoms with van der Waals surface area (Å²) >= 11 is 1.81. The number of carbonyl (C=O) groups is 2. The molecule has 0 bridgehead atoms. The smallest absolute Gasteiger partial charge is 0.310 e. The van der Waals surface area contributed by atoms with Gasteiger partial charge in [-0.1, -0.05) is 40.7 Å². The normalized spacial score (nSPS) is 21.8. The van der Waals surface area contributed by atoms with E-state index in [0.29, 0.717) is 19.4 Å². The van der Waals surface area contributed by atoms with Gasteiger partial charge in [0.1, 0.15) is 5.76 Å². The summed E-state index contributed by atoms with van der Waals surface area (Å²) in [4.78, 5) is 32.2. The van der Waals surface area contributed by atoms with Crippen LogP contribution in [0.5, 0.6) is 0 Å². The van der Waals surface area contributed by atoms with Gasteiger partial charge in [0, 0.05) is 60.4 Å². The Morgan fingerprint density at radius 2 is 1.93 bits per heavy atom. The van der Waals surface area contributed by atoms with Crippen molar-refractivity contribution in [1.29, 1.82) is 0 Å². The molecule has 2 aromatic rings. The lowest BCUT2D eigenvalue weighted by molar-refractivity contribution is -0.155. The van der Waals surface area contributed by atoms with Gasteiger partial charge < -0.3 is 14.4 Å². The number of ether oxygens (including phenoxy) is 2. The summed E-state index contributed by atoms with van der Waals surface area (Å²) in [5, 5.41) is 3.56. The van der Waals surface area contributed by atoms with Crippen LogP contribution >= 0.6 is 11.3 Å². The average Bonchev–Trinajstić information content (AvgIpc) is 3.46. The van der Waals surface area contributed by atoms with Crippen LogP contribution in [-0.2, 0) is 19.1 Å². The molecule has 3 aliphatic rings. The van der Waals surface area contributed by atoms with Crippen molar-refractivity contribution in [3.05, 3.63) is 52.8 Å². The minimum atomic E-state index is -0.261. The van der Waals surface area contributed by atoms with Crippen LogP contribution < -0.4 is 4.90 Å². The third kappa shape index (κ3) is 6.70. The number of piperazine rings is 1. The van der Waals surface area contributed by atoms with Crippen LogP contribution in [0.3, 0.4) is 0 Å². The third-order valence-corrected chi connectivity index (χ3v) is 10.1. The van der Waals surface area contributed by atoms with Crippen molar-refractivity contribution in [2.45, 2.75) is 66.7 Å². The Morgan fingerprint density at radius 3 is 2.69 bits per heavy atom. The summed E-state index contributed by atoms with van der Waals surface area (Å²) in [6, 6.07) is 8.88. The standard InChI is InChI=1S/C34H47N3O4S/c1-6-24(2)33(39)41-23-37-29-21-30(25(3)20-27(29)34(4,5)22-32(37)38)40-18-8-7-13-35-14-16-36(17-15-35)28-10-9-11-31-26(28)12-19-42-31/h9-12,19,21,24-25H,6-8,13-18,20,22-23H2,1-5H3. The highest BCUT2D eigenvalue weighted by Gasteiger charge is 2.41. The molecule has 3 heterocycles. The number of amides is 1. The Balaban J connectivity index is 1.11. The highest BCUT2D eigenvalue weighted by Crippen LogP contribution is 2.46. The highest BCUT2D eigenvalue weighted by molar-refractivity contribution is 7.17. The minimum Gasteiger partial charge on any atom is -0.498 e. The molecule has 8 heteroatoms. The van der Waals surface area contributed by atoms with E-state index in [1.165, 1.54) is 21.3 Å². The fourth-order valence-electron chi connectivity index (χ4n) is 6.31. The number of fused-ring (bicyclic) bond motifs is 1. The summed E-state index contributed by atoms with van der Waals surface area (Å²) in [6.07, 6.45) is 6.10. The van der Waals surface area contributed by atoms with E-state index in [2.05, 4.69) is 60.2 Å². The molecule has 1 fully saturated rings. The lowest BCUT2D eigenvalue weighted by Gasteiger charge is -2.43. The molecule has 0 radical (unpaired) electrons. The second-order valence-corrected chi connectivity index (χ2v) is 13.7. The molecule has 1 saturated heterocycles. The van der Waals surface area contributed by atoms with Crippen LogP contribution in [0, 0.1) is 17.3 Å². The molecule has 5 rings (SSSR count). The molecule has 1 aromatic heterocycles. The lowest BCUT2D eigenvalue weighted by atomic mass is 9.71. The van der Waals surface area contributed by atoms with Crippen LogP contribution in [0.15, 0.2) is 52.8 Å². The fraction of sp³-hybridized carbons (Fsp3) is 0.588. The predicted molar refractivity (Wildman–Crippen MR) is 170 cm³/mol. The molecule has 2 atom stereocenters. The number of benzene rings is 1. The Labute approximate surface area is 255 Å². The summed E-state index contributed by atoms with van der Waals surface area (Å²) in [6.45, 7) is 16.3. The van der Waals surface area contributed by atoms with Crippen LogP contribution in [0.4, 0.5) is 5.69 Å². The topological polar surface area (TPSA) is 62.3 Å². The van der Waals surface area contributed by atoms with Crippen molar-refractivity contribution in [3.8, 4) is 0 Å². The molecule has 7 nitrogen and oxygen atoms in total. The van der Waals surface area contributed by atoms with Gasteiger partial charge in [0.15, 0.2) is 6.73 Å². The van der Waals surface area contributed by atoms with Crippen molar-refractivity contribution < 1.29 is 19.1 Å². The summed E-state index contributed by atoms with van der Waals surface area (Å²) in [7, 11) is 0. The summed E-state index contributed by atoms with van der Waals surface area (Å²) in [5.41, 5.74) is 3.25. The van der Waals surface area contributed by atoms with Crippen molar-refractivity contribution in [1.82, 2.24) is 9.80 Å². The number of nitrogens with zero attached hydrogens (tertiary/aromatic N) is 3. The number of hydrogen-bond acceptors (Lipinski definition) is 7. The first-order valence-electron chi connectivity index (χ1n) is 15.7. The number of thiophene rings is 1. The van der Waals surface area contributed by atoms with E-state index in [0.717, 1.165) is 63.4 Å². The van der Waals surface area contributed by atoms with E-state index in [-0.39, 0.29) is 35.9 Å². The second kappa shape index (κ2) is 13.2. The molecule has 42 heavy (non-hydrogen) atoms. The quantitative estimate of drug-likeness (QED) is 0.211. The molecule has 1 aromatic carbocycles. The van der Waals surface area contributed by atoms with Gasteiger partial charge in [-0.2, -0.15) is 0 Å². The number of allylic oxidation sites excluding steroid dienone is 3. The van der Waals surface area contributed by atoms with E-state index in [4.69, 9.17) is 9.47 Å². The third-order valence-electron chi connectivity index (χ3n) is 9.26. The Bertz CT molecular complexity index is 1340.